The Morgan fingerprint density at radius 2 is 2.20 bits per heavy atom. The van der Waals surface area contributed by atoms with Crippen molar-refractivity contribution < 1.29 is 9.18 Å². The Kier molecular flexibility index (Phi) is 2.58. The Hall–Kier alpha value is -1.58. The summed E-state index contributed by atoms with van der Waals surface area (Å²) in [4.78, 5) is 11.7. The van der Waals surface area contributed by atoms with Gasteiger partial charge in [-0.3, -0.25) is 4.79 Å². The molecule has 1 aromatic carbocycles. The van der Waals surface area contributed by atoms with E-state index in [1.165, 1.54) is 18.2 Å². The number of nitrogens with two attached hydrogens (primary N) is 1. The van der Waals surface area contributed by atoms with Crippen LogP contribution in [0.4, 0.5) is 10.1 Å². The minimum atomic E-state index is -0.442. The fourth-order valence-corrected chi connectivity index (χ4v) is 1.54. The Morgan fingerprint density at radius 3 is 2.80 bits per heavy atom. The average Bonchev–Trinajstić information content (AvgIpc) is 2.15. The Balaban J connectivity index is 2.12. The molecule has 1 amide bonds. The van der Waals surface area contributed by atoms with Crippen LogP contribution in [0.5, 0.6) is 0 Å². The van der Waals surface area contributed by atoms with E-state index >= 15 is 0 Å². The van der Waals surface area contributed by atoms with Crippen molar-refractivity contribution in [3.63, 3.8) is 0 Å². The maximum absolute atomic E-state index is 12.9. The molecule has 80 valence electrons. The first-order valence-corrected chi connectivity index (χ1v) is 5.02. The summed E-state index contributed by atoms with van der Waals surface area (Å²) in [6, 6.07) is 4.06. The van der Waals surface area contributed by atoms with Crippen LogP contribution in [0.25, 0.3) is 0 Å². The SMILES string of the molecule is Nc1ccc(F)cc1C(=O)NC1CCC1. The fraction of sp³-hybridized carbons (Fsp3) is 0.364. The molecule has 3 nitrogen and oxygen atoms in total. The molecule has 3 N–H and O–H groups in total. The van der Waals surface area contributed by atoms with Crippen LogP contribution >= 0.6 is 0 Å². The molecule has 1 saturated carbocycles. The molecule has 0 radical (unpaired) electrons. The number of anilines is 1. The van der Waals surface area contributed by atoms with Crippen molar-refractivity contribution in [1.82, 2.24) is 5.32 Å². The summed E-state index contributed by atoms with van der Waals surface area (Å²) in [5, 5.41) is 2.82. The second kappa shape index (κ2) is 3.88. The number of benzene rings is 1. The molecule has 0 aliphatic heterocycles. The van der Waals surface area contributed by atoms with Crippen molar-refractivity contribution in [2.45, 2.75) is 25.3 Å². The molecule has 0 aromatic heterocycles. The van der Waals surface area contributed by atoms with Crippen LogP contribution in [0, 0.1) is 5.82 Å². The van der Waals surface area contributed by atoms with Gasteiger partial charge in [0.05, 0.1) is 5.56 Å². The lowest BCUT2D eigenvalue weighted by Gasteiger charge is -2.26. The van der Waals surface area contributed by atoms with E-state index in [2.05, 4.69) is 5.32 Å². The van der Waals surface area contributed by atoms with Gasteiger partial charge in [-0.1, -0.05) is 0 Å². The van der Waals surface area contributed by atoms with Gasteiger partial charge in [-0.15, -0.1) is 0 Å². The molecule has 1 aromatic rings. The lowest BCUT2D eigenvalue weighted by molar-refractivity contribution is 0.0917. The highest BCUT2D eigenvalue weighted by Crippen LogP contribution is 2.20. The highest BCUT2D eigenvalue weighted by molar-refractivity contribution is 5.99. The maximum Gasteiger partial charge on any atom is 0.253 e. The number of nitrogen functional groups attached to an aromatic ring is 1. The predicted octanol–water partition coefficient (Wildman–Crippen LogP) is 1.69. The number of hydrogen-bond acceptors (Lipinski definition) is 2. The second-order valence-corrected chi connectivity index (χ2v) is 3.83. The van der Waals surface area contributed by atoms with Crippen LogP contribution in [0.15, 0.2) is 18.2 Å². The van der Waals surface area contributed by atoms with E-state index in [1.54, 1.807) is 0 Å². The van der Waals surface area contributed by atoms with Gasteiger partial charge in [0.2, 0.25) is 0 Å². The maximum atomic E-state index is 12.9. The van der Waals surface area contributed by atoms with Crippen LogP contribution < -0.4 is 11.1 Å². The summed E-state index contributed by atoms with van der Waals surface area (Å²) >= 11 is 0. The van der Waals surface area contributed by atoms with E-state index in [4.69, 9.17) is 5.73 Å². The standard InChI is InChI=1S/C11H13FN2O/c12-7-4-5-10(13)9(6-7)11(15)14-8-2-1-3-8/h4-6,8H,1-3,13H2,(H,14,15). The molecule has 0 heterocycles. The quantitative estimate of drug-likeness (QED) is 0.727. The molecule has 0 spiro atoms. The van der Waals surface area contributed by atoms with Gasteiger partial charge in [-0.05, 0) is 37.5 Å². The zero-order valence-electron chi connectivity index (χ0n) is 8.29. The van der Waals surface area contributed by atoms with Crippen LogP contribution in [-0.4, -0.2) is 11.9 Å². The summed E-state index contributed by atoms with van der Waals surface area (Å²) in [6.45, 7) is 0. The van der Waals surface area contributed by atoms with E-state index in [1.807, 2.05) is 0 Å². The molecule has 0 bridgehead atoms. The summed E-state index contributed by atoms with van der Waals surface area (Å²) < 4.78 is 12.9. The van der Waals surface area contributed by atoms with E-state index in [9.17, 15) is 9.18 Å². The van der Waals surface area contributed by atoms with Crippen molar-refractivity contribution in [2.75, 3.05) is 5.73 Å². The van der Waals surface area contributed by atoms with Gasteiger partial charge >= 0.3 is 0 Å². The van der Waals surface area contributed by atoms with Crippen molar-refractivity contribution in [3.8, 4) is 0 Å². The normalized spacial score (nSPS) is 15.8. The summed E-state index contributed by atoms with van der Waals surface area (Å²) in [5.74, 6) is -0.723. The monoisotopic (exact) mass is 208 g/mol. The van der Waals surface area contributed by atoms with Gasteiger partial charge in [-0.2, -0.15) is 0 Å². The Labute approximate surface area is 87.5 Å². The topological polar surface area (TPSA) is 55.1 Å². The van der Waals surface area contributed by atoms with Crippen molar-refractivity contribution in [2.24, 2.45) is 0 Å². The van der Waals surface area contributed by atoms with Gasteiger partial charge < -0.3 is 11.1 Å². The number of halogens is 1. The number of rotatable bonds is 2. The zero-order valence-corrected chi connectivity index (χ0v) is 8.29. The average molecular weight is 208 g/mol. The third kappa shape index (κ3) is 2.09. The molecule has 1 aliphatic rings. The highest BCUT2D eigenvalue weighted by atomic mass is 19.1. The Bertz CT molecular complexity index is 388. The Morgan fingerprint density at radius 1 is 1.47 bits per heavy atom. The molecule has 2 rings (SSSR count). The van der Waals surface area contributed by atoms with E-state index in [-0.39, 0.29) is 17.5 Å². The van der Waals surface area contributed by atoms with Gasteiger partial charge in [0.25, 0.3) is 5.91 Å². The van der Waals surface area contributed by atoms with Crippen molar-refractivity contribution in [3.05, 3.63) is 29.6 Å². The minimum absolute atomic E-state index is 0.224. The van der Waals surface area contributed by atoms with E-state index in [0.29, 0.717) is 5.69 Å². The molecule has 0 unspecified atom stereocenters. The number of hydrogen-bond donors (Lipinski definition) is 2. The second-order valence-electron chi connectivity index (χ2n) is 3.83. The number of amides is 1. The molecule has 1 fully saturated rings. The smallest absolute Gasteiger partial charge is 0.253 e. The number of nitrogens with one attached hydrogen (secondary N) is 1. The molecule has 0 saturated heterocycles. The zero-order chi connectivity index (χ0) is 10.8. The molecular weight excluding hydrogens is 195 g/mol. The first-order valence-electron chi connectivity index (χ1n) is 5.02. The molecule has 4 heteroatoms. The molecule has 0 atom stereocenters. The van der Waals surface area contributed by atoms with Crippen LogP contribution in [0.3, 0.4) is 0 Å². The van der Waals surface area contributed by atoms with Gasteiger partial charge in [-0.25, -0.2) is 4.39 Å². The molecule has 15 heavy (non-hydrogen) atoms. The fourth-order valence-electron chi connectivity index (χ4n) is 1.54. The number of carbonyl (C=O) groups is 1. The third-order valence-electron chi connectivity index (χ3n) is 2.70. The van der Waals surface area contributed by atoms with Crippen LogP contribution in [0.2, 0.25) is 0 Å². The summed E-state index contributed by atoms with van der Waals surface area (Å²) in [7, 11) is 0. The highest BCUT2D eigenvalue weighted by Gasteiger charge is 2.21. The van der Waals surface area contributed by atoms with Gasteiger partial charge in [0, 0.05) is 11.7 Å². The van der Waals surface area contributed by atoms with Crippen molar-refractivity contribution >= 4 is 11.6 Å². The lowest BCUT2D eigenvalue weighted by Crippen LogP contribution is -2.39. The molecular formula is C11H13FN2O. The lowest BCUT2D eigenvalue weighted by atomic mass is 9.93. The van der Waals surface area contributed by atoms with E-state index < -0.39 is 5.82 Å². The predicted molar refractivity (Wildman–Crippen MR) is 55.9 cm³/mol. The van der Waals surface area contributed by atoms with Crippen LogP contribution in [0.1, 0.15) is 29.6 Å². The molecule has 1 aliphatic carbocycles. The first kappa shape index (κ1) is 9.96. The first-order chi connectivity index (χ1) is 7.16. The van der Waals surface area contributed by atoms with Crippen molar-refractivity contribution in [1.29, 1.82) is 0 Å². The number of carbonyl (C=O) groups excluding carboxylic acids is 1. The van der Waals surface area contributed by atoms with Gasteiger partial charge in [0.15, 0.2) is 0 Å². The minimum Gasteiger partial charge on any atom is -0.398 e. The van der Waals surface area contributed by atoms with Gasteiger partial charge in [0.1, 0.15) is 5.82 Å². The largest absolute Gasteiger partial charge is 0.398 e. The summed E-state index contributed by atoms with van der Waals surface area (Å²) in [6.07, 6.45) is 3.14. The summed E-state index contributed by atoms with van der Waals surface area (Å²) in [5.41, 5.74) is 6.14. The van der Waals surface area contributed by atoms with E-state index in [0.717, 1.165) is 19.3 Å². The van der Waals surface area contributed by atoms with Crippen LogP contribution in [-0.2, 0) is 0 Å². The third-order valence-corrected chi connectivity index (χ3v) is 2.70.